The zero-order valence-electron chi connectivity index (χ0n) is 18.3. The van der Waals surface area contributed by atoms with Crippen molar-refractivity contribution >= 4 is 11.6 Å². The maximum atomic E-state index is 5.99. The largest absolute Gasteiger partial charge is 0.478 e. The predicted octanol–water partition coefficient (Wildman–Crippen LogP) is 2.60. The van der Waals surface area contributed by atoms with Gasteiger partial charge in [-0.05, 0) is 50.1 Å². The van der Waals surface area contributed by atoms with Gasteiger partial charge in [-0.2, -0.15) is 0 Å². The normalized spacial score (nSPS) is 19.0. The molecule has 1 aromatic carbocycles. The molecule has 0 saturated carbocycles. The molecule has 2 N–H and O–H groups in total. The van der Waals surface area contributed by atoms with Crippen LogP contribution >= 0.6 is 0 Å². The lowest BCUT2D eigenvalue weighted by atomic mass is 9.93. The van der Waals surface area contributed by atoms with Crippen LogP contribution in [-0.4, -0.2) is 53.9 Å². The number of pyridine rings is 1. The van der Waals surface area contributed by atoms with Crippen LogP contribution in [0.5, 0.6) is 11.6 Å². The van der Waals surface area contributed by atoms with Gasteiger partial charge in [0.2, 0.25) is 5.90 Å². The molecule has 0 aliphatic carbocycles. The second-order valence-electron chi connectivity index (χ2n) is 8.69. The van der Waals surface area contributed by atoms with Crippen LogP contribution in [0.1, 0.15) is 30.5 Å². The Kier molecular flexibility index (Phi) is 5.24. The number of hydrogen-bond donors (Lipinski definition) is 1. The van der Waals surface area contributed by atoms with Gasteiger partial charge in [0.15, 0.2) is 11.9 Å². The zero-order valence-corrected chi connectivity index (χ0v) is 18.3. The molecule has 0 fully saturated rings. The van der Waals surface area contributed by atoms with Crippen molar-refractivity contribution < 1.29 is 14.2 Å². The van der Waals surface area contributed by atoms with E-state index in [1.807, 2.05) is 38.1 Å². The summed E-state index contributed by atoms with van der Waals surface area (Å²) in [6.07, 6.45) is 4.44. The lowest BCUT2D eigenvalue weighted by Gasteiger charge is -2.34. The Morgan fingerprint density at radius 3 is 3.09 bits per heavy atom. The molecule has 3 aliphatic heterocycles. The number of nitrogens with zero attached hydrogens (tertiary/aromatic N) is 3. The van der Waals surface area contributed by atoms with E-state index in [9.17, 15) is 0 Å². The molecule has 0 radical (unpaired) electrons. The molecule has 4 heterocycles. The Labute approximate surface area is 187 Å². The standard InChI is InChI=1S/C25H26N4O3/c1-25(2,26)9-7-17-5-6-20-18(12-17)8-11-29-16-28-23(13-21(20)29)30-14-19-15-31-24-22(32-19)4-3-10-27-24/h3-6,10,12-13,19H,8,11,14-16,26H2,1-2H3. The molecular formula is C25H26N4O3. The minimum absolute atomic E-state index is 0.211. The Hall–Kier alpha value is -3.50. The Balaban J connectivity index is 1.29. The lowest BCUT2D eigenvalue weighted by molar-refractivity contribution is 0.0466. The smallest absolute Gasteiger partial charge is 0.257 e. The molecule has 32 heavy (non-hydrogen) atoms. The average molecular weight is 431 g/mol. The Morgan fingerprint density at radius 2 is 2.22 bits per heavy atom. The number of hydrogen-bond acceptors (Lipinski definition) is 7. The monoisotopic (exact) mass is 430 g/mol. The zero-order chi connectivity index (χ0) is 22.1. The number of nitrogens with two attached hydrogens (primary N) is 1. The molecule has 2 aromatic rings. The molecule has 7 nitrogen and oxygen atoms in total. The highest BCUT2D eigenvalue weighted by molar-refractivity contribution is 5.96. The summed E-state index contributed by atoms with van der Waals surface area (Å²) in [5.41, 5.74) is 10.1. The van der Waals surface area contributed by atoms with E-state index in [2.05, 4.69) is 38.8 Å². The summed E-state index contributed by atoms with van der Waals surface area (Å²) in [4.78, 5) is 11.0. The summed E-state index contributed by atoms with van der Waals surface area (Å²) in [6, 6.07) is 10.0. The van der Waals surface area contributed by atoms with E-state index < -0.39 is 5.54 Å². The Morgan fingerprint density at radius 1 is 1.31 bits per heavy atom. The Bertz CT molecular complexity index is 1150. The van der Waals surface area contributed by atoms with Crippen LogP contribution < -0.4 is 15.2 Å². The van der Waals surface area contributed by atoms with E-state index >= 15 is 0 Å². The highest BCUT2D eigenvalue weighted by Gasteiger charge is 2.26. The van der Waals surface area contributed by atoms with Crippen LogP contribution in [0.15, 0.2) is 47.6 Å². The fraction of sp³-hybridized carbons (Fsp3) is 0.360. The van der Waals surface area contributed by atoms with Gasteiger partial charge in [-0.25, -0.2) is 9.98 Å². The second-order valence-corrected chi connectivity index (χ2v) is 8.69. The summed E-state index contributed by atoms with van der Waals surface area (Å²) >= 11 is 0. The number of aromatic nitrogens is 1. The molecule has 0 spiro atoms. The van der Waals surface area contributed by atoms with E-state index in [1.54, 1.807) is 6.20 Å². The average Bonchev–Trinajstić information content (AvgIpc) is 2.80. The minimum Gasteiger partial charge on any atom is -0.478 e. The van der Waals surface area contributed by atoms with Gasteiger partial charge in [0.05, 0.1) is 11.2 Å². The molecule has 3 aliphatic rings. The first-order valence-electron chi connectivity index (χ1n) is 10.8. The van der Waals surface area contributed by atoms with Crippen molar-refractivity contribution in [1.82, 2.24) is 9.88 Å². The quantitative estimate of drug-likeness (QED) is 0.738. The molecular weight excluding hydrogens is 404 g/mol. The molecule has 164 valence electrons. The summed E-state index contributed by atoms with van der Waals surface area (Å²) < 4.78 is 17.6. The number of fused-ring (bicyclic) bond motifs is 4. The van der Waals surface area contributed by atoms with Crippen molar-refractivity contribution in [1.29, 1.82) is 0 Å². The number of rotatable bonds is 2. The number of ether oxygens (including phenoxy) is 3. The van der Waals surface area contributed by atoms with E-state index in [0.717, 1.165) is 24.2 Å². The highest BCUT2D eigenvalue weighted by atomic mass is 16.6. The summed E-state index contributed by atoms with van der Waals surface area (Å²) in [7, 11) is 0. The minimum atomic E-state index is -0.507. The number of aliphatic imine (C=N–C) groups is 1. The van der Waals surface area contributed by atoms with Gasteiger partial charge in [-0.1, -0.05) is 17.9 Å². The van der Waals surface area contributed by atoms with Crippen LogP contribution in [0.3, 0.4) is 0 Å². The highest BCUT2D eigenvalue weighted by Crippen LogP contribution is 2.32. The molecule has 1 atom stereocenters. The molecule has 0 amide bonds. The molecule has 7 heteroatoms. The van der Waals surface area contributed by atoms with Gasteiger partial charge in [-0.15, -0.1) is 0 Å². The third-order valence-electron chi connectivity index (χ3n) is 5.41. The molecule has 0 bridgehead atoms. The SMILES string of the molecule is CC(C)(N)C#Cc1ccc2c(c1)CCN1CN=C(OCC3COc4ncccc4O3)C=C21. The fourth-order valence-electron chi connectivity index (χ4n) is 3.85. The van der Waals surface area contributed by atoms with E-state index in [4.69, 9.17) is 19.9 Å². The molecule has 1 unspecified atom stereocenters. The lowest BCUT2D eigenvalue weighted by Crippen LogP contribution is -2.36. The maximum Gasteiger partial charge on any atom is 0.257 e. The van der Waals surface area contributed by atoms with Crippen LogP contribution in [0, 0.1) is 11.8 Å². The van der Waals surface area contributed by atoms with Crippen molar-refractivity contribution in [3.05, 3.63) is 59.3 Å². The van der Waals surface area contributed by atoms with Crippen molar-refractivity contribution in [3.63, 3.8) is 0 Å². The van der Waals surface area contributed by atoms with Crippen molar-refractivity contribution in [2.75, 3.05) is 26.4 Å². The van der Waals surface area contributed by atoms with E-state index in [0.29, 0.717) is 37.4 Å². The van der Waals surface area contributed by atoms with E-state index in [1.165, 1.54) is 11.1 Å². The summed E-state index contributed by atoms with van der Waals surface area (Å²) in [5, 5.41) is 0. The van der Waals surface area contributed by atoms with Gasteiger partial charge in [0, 0.05) is 29.9 Å². The van der Waals surface area contributed by atoms with Gasteiger partial charge in [0.25, 0.3) is 5.88 Å². The van der Waals surface area contributed by atoms with Crippen LogP contribution in [-0.2, 0) is 11.2 Å². The van der Waals surface area contributed by atoms with Crippen molar-refractivity contribution in [3.8, 4) is 23.5 Å². The first kappa shape index (κ1) is 20.4. The fourth-order valence-corrected chi connectivity index (χ4v) is 3.85. The molecule has 5 rings (SSSR count). The van der Waals surface area contributed by atoms with Crippen LogP contribution in [0.4, 0.5) is 0 Å². The third-order valence-corrected chi connectivity index (χ3v) is 5.41. The van der Waals surface area contributed by atoms with Crippen LogP contribution in [0.2, 0.25) is 0 Å². The van der Waals surface area contributed by atoms with Crippen LogP contribution in [0.25, 0.3) is 5.70 Å². The summed E-state index contributed by atoms with van der Waals surface area (Å²) in [6.45, 7) is 6.06. The number of benzene rings is 1. The molecule has 0 saturated heterocycles. The molecule has 1 aromatic heterocycles. The first-order valence-corrected chi connectivity index (χ1v) is 10.8. The van der Waals surface area contributed by atoms with Crippen molar-refractivity contribution in [2.45, 2.75) is 31.9 Å². The first-order chi connectivity index (χ1) is 15.4. The second kappa shape index (κ2) is 8.21. The predicted molar refractivity (Wildman–Crippen MR) is 122 cm³/mol. The van der Waals surface area contributed by atoms with E-state index in [-0.39, 0.29) is 6.10 Å². The maximum absolute atomic E-state index is 5.99. The van der Waals surface area contributed by atoms with Gasteiger partial charge in [-0.3, -0.25) is 0 Å². The topological polar surface area (TPSA) is 82.2 Å². The van der Waals surface area contributed by atoms with Gasteiger partial charge in [0.1, 0.15) is 19.9 Å². The van der Waals surface area contributed by atoms with Crippen molar-refractivity contribution in [2.24, 2.45) is 10.7 Å². The third kappa shape index (κ3) is 4.41. The summed E-state index contributed by atoms with van der Waals surface area (Å²) in [5.74, 6) is 8.06. The van der Waals surface area contributed by atoms with Gasteiger partial charge < -0.3 is 24.8 Å². The van der Waals surface area contributed by atoms with Gasteiger partial charge >= 0.3 is 0 Å².